The molecule has 1 rings (SSSR count). The van der Waals surface area contributed by atoms with Crippen molar-refractivity contribution >= 4 is 12.6 Å². The van der Waals surface area contributed by atoms with Gasteiger partial charge in [0.1, 0.15) is 0 Å². The summed E-state index contributed by atoms with van der Waals surface area (Å²) in [7, 11) is 0. The van der Waals surface area contributed by atoms with Crippen LogP contribution in [0.2, 0.25) is 0 Å². The highest BCUT2D eigenvalue weighted by Crippen LogP contribution is 2.10. The van der Waals surface area contributed by atoms with Crippen molar-refractivity contribution in [2.24, 2.45) is 5.92 Å². The van der Waals surface area contributed by atoms with Gasteiger partial charge in [0.05, 0.1) is 0 Å². The van der Waals surface area contributed by atoms with E-state index in [1.165, 1.54) is 0 Å². The fourth-order valence-electron chi connectivity index (χ4n) is 1.76. The molecule has 1 unspecified atom stereocenters. The van der Waals surface area contributed by atoms with Gasteiger partial charge in [0, 0.05) is 25.5 Å². The third-order valence-electron chi connectivity index (χ3n) is 2.67. The van der Waals surface area contributed by atoms with Crippen molar-refractivity contribution in [3.8, 4) is 0 Å². The van der Waals surface area contributed by atoms with Crippen molar-refractivity contribution in [3.63, 3.8) is 0 Å². The maximum absolute atomic E-state index is 11.8. The summed E-state index contributed by atoms with van der Waals surface area (Å²) in [6.45, 7) is 5.68. The van der Waals surface area contributed by atoms with Crippen molar-refractivity contribution in [3.05, 3.63) is 22.9 Å². The second-order valence-electron chi connectivity index (χ2n) is 3.86. The molecular weight excluding hydrogens is 208 g/mol. The Morgan fingerprint density at radius 1 is 1.33 bits per heavy atom. The molecule has 0 aliphatic rings. The molecule has 0 amide bonds. The molecule has 1 aromatic heterocycles. The number of aryl methyl sites for hydroxylation is 1. The van der Waals surface area contributed by atoms with Crippen LogP contribution in [-0.2, 0) is 13.1 Å². The van der Waals surface area contributed by atoms with Crippen molar-refractivity contribution < 1.29 is 0 Å². The number of hydrogen-bond donors (Lipinski definition) is 1. The molecule has 0 aliphatic heterocycles. The van der Waals surface area contributed by atoms with Gasteiger partial charge in [-0.05, 0) is 25.0 Å². The number of thiol groups is 1. The predicted molar refractivity (Wildman–Crippen MR) is 66.6 cm³/mol. The number of rotatable bonds is 6. The van der Waals surface area contributed by atoms with Crippen molar-refractivity contribution in [2.45, 2.75) is 39.8 Å². The van der Waals surface area contributed by atoms with Crippen LogP contribution in [0.4, 0.5) is 0 Å². The summed E-state index contributed by atoms with van der Waals surface area (Å²) in [5, 5.41) is 0. The van der Waals surface area contributed by atoms with Gasteiger partial charge in [-0.1, -0.05) is 13.3 Å². The second-order valence-corrected chi connectivity index (χ2v) is 4.22. The zero-order valence-corrected chi connectivity index (χ0v) is 10.4. The summed E-state index contributed by atoms with van der Waals surface area (Å²) < 4.78 is 3.52. The first-order valence-corrected chi connectivity index (χ1v) is 6.22. The minimum absolute atomic E-state index is 0.0976. The smallest absolute Gasteiger partial charge is 0.300 e. The molecule has 0 saturated heterocycles. The van der Waals surface area contributed by atoms with Crippen LogP contribution in [0.25, 0.3) is 0 Å². The van der Waals surface area contributed by atoms with Gasteiger partial charge in [0.15, 0.2) is 0 Å². The summed E-state index contributed by atoms with van der Waals surface area (Å²) in [5.41, 5.74) is 0.0976. The van der Waals surface area contributed by atoms with Gasteiger partial charge in [-0.15, -0.1) is 0 Å². The maximum Gasteiger partial charge on any atom is 0.328 e. The molecule has 4 heteroatoms. The van der Waals surface area contributed by atoms with Crippen LogP contribution in [0.1, 0.15) is 26.7 Å². The molecule has 1 heterocycles. The largest absolute Gasteiger partial charge is 0.328 e. The summed E-state index contributed by atoms with van der Waals surface area (Å²) in [6, 6.07) is 0. The second kappa shape index (κ2) is 6.05. The van der Waals surface area contributed by atoms with Crippen LogP contribution >= 0.6 is 12.6 Å². The van der Waals surface area contributed by atoms with Gasteiger partial charge in [0.25, 0.3) is 0 Å². The van der Waals surface area contributed by atoms with E-state index in [0.717, 1.165) is 31.7 Å². The number of imidazole rings is 1. The first-order chi connectivity index (χ1) is 7.22. The molecule has 0 fully saturated rings. The maximum atomic E-state index is 11.8. The van der Waals surface area contributed by atoms with E-state index in [4.69, 9.17) is 0 Å². The standard InChI is InChI=1S/C11H20N2OS/c1-3-5-10(9-15)8-13-7-6-12(4-2)11(13)14/h6-7,10,15H,3-5,8-9H2,1-2H3. The van der Waals surface area contributed by atoms with Crippen molar-refractivity contribution in [2.75, 3.05) is 5.75 Å². The molecule has 86 valence electrons. The normalized spacial score (nSPS) is 13.0. The molecule has 15 heavy (non-hydrogen) atoms. The van der Waals surface area contributed by atoms with Crippen LogP contribution in [0.15, 0.2) is 17.2 Å². The van der Waals surface area contributed by atoms with E-state index >= 15 is 0 Å². The summed E-state index contributed by atoms with van der Waals surface area (Å²) in [4.78, 5) is 11.8. The summed E-state index contributed by atoms with van der Waals surface area (Å²) in [6.07, 6.45) is 6.00. The van der Waals surface area contributed by atoms with Crippen LogP contribution in [-0.4, -0.2) is 14.9 Å². The highest BCUT2D eigenvalue weighted by molar-refractivity contribution is 7.80. The van der Waals surface area contributed by atoms with E-state index in [1.54, 1.807) is 9.13 Å². The molecule has 0 bridgehead atoms. The summed E-state index contributed by atoms with van der Waals surface area (Å²) in [5.74, 6) is 1.35. The fourth-order valence-corrected chi connectivity index (χ4v) is 2.06. The minimum Gasteiger partial charge on any atom is -0.300 e. The molecule has 0 spiro atoms. The Morgan fingerprint density at radius 3 is 2.47 bits per heavy atom. The SMILES string of the molecule is CCCC(CS)Cn1ccn(CC)c1=O. The molecular formula is C11H20N2OS. The molecule has 0 saturated carbocycles. The zero-order valence-electron chi connectivity index (χ0n) is 9.52. The molecule has 0 aliphatic carbocycles. The van der Waals surface area contributed by atoms with E-state index in [0.29, 0.717) is 5.92 Å². The quantitative estimate of drug-likeness (QED) is 0.741. The number of aromatic nitrogens is 2. The first kappa shape index (κ1) is 12.4. The average molecular weight is 228 g/mol. The Labute approximate surface area is 96.5 Å². The Balaban J connectivity index is 2.70. The molecule has 3 nitrogen and oxygen atoms in total. The van der Waals surface area contributed by atoms with Gasteiger partial charge in [-0.25, -0.2) is 4.79 Å². The fraction of sp³-hybridized carbons (Fsp3) is 0.727. The van der Waals surface area contributed by atoms with Crippen molar-refractivity contribution in [1.29, 1.82) is 0 Å². The van der Waals surface area contributed by atoms with E-state index in [1.807, 2.05) is 19.3 Å². The Hall–Kier alpha value is -0.640. The van der Waals surface area contributed by atoms with Gasteiger partial charge in [-0.2, -0.15) is 12.6 Å². The summed E-state index contributed by atoms with van der Waals surface area (Å²) >= 11 is 4.32. The minimum atomic E-state index is 0.0976. The lowest BCUT2D eigenvalue weighted by atomic mass is 10.1. The van der Waals surface area contributed by atoms with Crippen LogP contribution < -0.4 is 5.69 Å². The average Bonchev–Trinajstić information content (AvgIpc) is 2.59. The topological polar surface area (TPSA) is 26.9 Å². The molecule has 0 N–H and O–H groups in total. The van der Waals surface area contributed by atoms with E-state index in [-0.39, 0.29) is 5.69 Å². The van der Waals surface area contributed by atoms with Crippen LogP contribution in [0.3, 0.4) is 0 Å². The molecule has 1 aromatic rings. The third-order valence-corrected chi connectivity index (χ3v) is 3.19. The van der Waals surface area contributed by atoms with Gasteiger partial charge in [-0.3, -0.25) is 9.13 Å². The highest BCUT2D eigenvalue weighted by atomic mass is 32.1. The lowest BCUT2D eigenvalue weighted by Crippen LogP contribution is -2.26. The lowest BCUT2D eigenvalue weighted by Gasteiger charge is -2.12. The van der Waals surface area contributed by atoms with Crippen LogP contribution in [0, 0.1) is 5.92 Å². The Bertz CT molecular complexity index is 343. The van der Waals surface area contributed by atoms with Crippen LogP contribution in [0.5, 0.6) is 0 Å². The molecule has 1 atom stereocenters. The van der Waals surface area contributed by atoms with Gasteiger partial charge in [0.2, 0.25) is 0 Å². The molecule has 0 radical (unpaired) electrons. The van der Waals surface area contributed by atoms with Gasteiger partial charge >= 0.3 is 5.69 Å². The number of nitrogens with zero attached hydrogens (tertiary/aromatic N) is 2. The van der Waals surface area contributed by atoms with Gasteiger partial charge < -0.3 is 0 Å². The first-order valence-electron chi connectivity index (χ1n) is 5.59. The Morgan fingerprint density at radius 2 is 2.00 bits per heavy atom. The zero-order chi connectivity index (χ0) is 11.3. The lowest BCUT2D eigenvalue weighted by molar-refractivity contribution is 0.442. The highest BCUT2D eigenvalue weighted by Gasteiger charge is 2.09. The Kier molecular flexibility index (Phi) is 5.02. The monoisotopic (exact) mass is 228 g/mol. The van der Waals surface area contributed by atoms with E-state index in [2.05, 4.69) is 19.6 Å². The molecule has 0 aromatic carbocycles. The number of hydrogen-bond acceptors (Lipinski definition) is 2. The van der Waals surface area contributed by atoms with Crippen molar-refractivity contribution in [1.82, 2.24) is 9.13 Å². The van der Waals surface area contributed by atoms with E-state index in [9.17, 15) is 4.79 Å². The predicted octanol–water partition coefficient (Wildman–Crippen LogP) is 2.02. The third kappa shape index (κ3) is 3.16. The van der Waals surface area contributed by atoms with E-state index < -0.39 is 0 Å².